The monoisotopic (exact) mass is 515 g/mol. The zero-order chi connectivity index (χ0) is 26.7. The summed E-state index contributed by atoms with van der Waals surface area (Å²) in [6.45, 7) is 3.50. The van der Waals surface area contributed by atoms with Crippen LogP contribution in [0.2, 0.25) is 0 Å². The third kappa shape index (κ3) is 8.92. The van der Waals surface area contributed by atoms with Crippen LogP contribution in [0.25, 0.3) is 0 Å². The van der Waals surface area contributed by atoms with Gasteiger partial charge in [0.25, 0.3) is 5.91 Å². The molecule has 0 bridgehead atoms. The van der Waals surface area contributed by atoms with Crippen LogP contribution in [0.3, 0.4) is 0 Å². The number of aromatic hydroxyl groups is 1. The molecule has 0 radical (unpaired) electrons. The molecule has 0 aliphatic heterocycles. The number of carbonyl (C=O) groups is 4. The number of thioether (sulfide) groups is 1. The molecule has 36 heavy (non-hydrogen) atoms. The summed E-state index contributed by atoms with van der Waals surface area (Å²) < 4.78 is 0. The second-order valence-electron chi connectivity index (χ2n) is 8.68. The Labute approximate surface area is 215 Å². The van der Waals surface area contributed by atoms with Crippen molar-refractivity contribution < 1.29 is 29.4 Å². The lowest BCUT2D eigenvalue weighted by Gasteiger charge is -2.26. The van der Waals surface area contributed by atoms with Crippen LogP contribution in [0.15, 0.2) is 54.6 Å². The first-order valence-corrected chi connectivity index (χ1v) is 13.0. The molecule has 3 amide bonds. The number of phenols is 1. The molecular weight excluding hydrogens is 482 g/mol. The van der Waals surface area contributed by atoms with Gasteiger partial charge >= 0.3 is 5.97 Å². The molecule has 0 unspecified atom stereocenters. The number of benzene rings is 2. The van der Waals surface area contributed by atoms with Crippen molar-refractivity contribution in [3.05, 3.63) is 65.7 Å². The van der Waals surface area contributed by atoms with Crippen LogP contribution in [0.5, 0.6) is 5.75 Å². The molecule has 0 saturated carbocycles. The normalized spacial score (nSPS) is 13.3. The molecule has 2 rings (SSSR count). The summed E-state index contributed by atoms with van der Waals surface area (Å²) in [5.74, 6) is -2.76. The van der Waals surface area contributed by atoms with E-state index in [1.54, 1.807) is 38.1 Å². The van der Waals surface area contributed by atoms with Gasteiger partial charge < -0.3 is 26.2 Å². The maximum Gasteiger partial charge on any atom is 0.326 e. The van der Waals surface area contributed by atoms with Crippen molar-refractivity contribution in [1.82, 2.24) is 16.0 Å². The fourth-order valence-electron chi connectivity index (χ4n) is 3.49. The second-order valence-corrected chi connectivity index (χ2v) is 9.66. The predicted molar refractivity (Wildman–Crippen MR) is 139 cm³/mol. The number of aliphatic carboxylic acids is 1. The average Bonchev–Trinajstić information content (AvgIpc) is 2.84. The van der Waals surface area contributed by atoms with Crippen LogP contribution in [-0.2, 0) is 20.8 Å². The molecular formula is C26H33N3O6S. The summed E-state index contributed by atoms with van der Waals surface area (Å²) in [7, 11) is 0. The highest BCUT2D eigenvalue weighted by Gasteiger charge is 2.31. The Kier molecular flexibility index (Phi) is 11.3. The van der Waals surface area contributed by atoms with E-state index in [2.05, 4.69) is 16.0 Å². The quantitative estimate of drug-likeness (QED) is 0.275. The van der Waals surface area contributed by atoms with Gasteiger partial charge in [0.05, 0.1) is 0 Å². The molecule has 5 N–H and O–H groups in total. The van der Waals surface area contributed by atoms with Gasteiger partial charge in [0.2, 0.25) is 11.8 Å². The third-order valence-corrected chi connectivity index (χ3v) is 6.13. The largest absolute Gasteiger partial charge is 0.508 e. The summed E-state index contributed by atoms with van der Waals surface area (Å²) in [5, 5.41) is 27.1. The van der Waals surface area contributed by atoms with E-state index in [-0.39, 0.29) is 30.1 Å². The molecule has 2 aromatic rings. The number of carbonyl (C=O) groups excluding carboxylic acids is 3. The lowest BCUT2D eigenvalue weighted by molar-refractivity contribution is -0.142. The Balaban J connectivity index is 2.22. The number of hydrogen-bond acceptors (Lipinski definition) is 6. The fraction of sp³-hybridized carbons (Fsp3) is 0.385. The topological polar surface area (TPSA) is 145 Å². The highest BCUT2D eigenvalue weighted by molar-refractivity contribution is 7.98. The van der Waals surface area contributed by atoms with Crippen LogP contribution in [0.4, 0.5) is 0 Å². The zero-order valence-corrected chi connectivity index (χ0v) is 21.4. The standard InChI is InChI=1S/C26H33N3O6S/c1-16(2)22(29-23(31)18-10-7-11-19(30)15-18)25(33)28-21(14-17-8-5-4-6-9-17)24(32)27-20(26(34)35)12-13-36-3/h4-11,15-16,20-22,30H,12-14H2,1-3H3,(H,27,32)(H,28,33)(H,29,31)(H,34,35)/t20-,21-,22-/m0/s1. The molecule has 10 heteroatoms. The Morgan fingerprint density at radius 1 is 0.889 bits per heavy atom. The molecule has 0 saturated heterocycles. The minimum absolute atomic E-state index is 0.0812. The van der Waals surface area contributed by atoms with E-state index in [9.17, 15) is 29.4 Å². The number of amides is 3. The second kappa shape index (κ2) is 14.1. The summed E-state index contributed by atoms with van der Waals surface area (Å²) in [6.07, 6.45) is 2.22. The van der Waals surface area contributed by atoms with E-state index in [4.69, 9.17) is 0 Å². The van der Waals surface area contributed by atoms with Crippen LogP contribution in [0, 0.1) is 5.92 Å². The number of rotatable bonds is 13. The number of phenolic OH excluding ortho intramolecular Hbond substituents is 1. The molecule has 0 aliphatic carbocycles. The molecule has 9 nitrogen and oxygen atoms in total. The Hall–Kier alpha value is -3.53. The van der Waals surface area contributed by atoms with Gasteiger partial charge in [0, 0.05) is 12.0 Å². The molecule has 3 atom stereocenters. The van der Waals surface area contributed by atoms with E-state index in [1.807, 2.05) is 12.3 Å². The Morgan fingerprint density at radius 2 is 1.56 bits per heavy atom. The van der Waals surface area contributed by atoms with E-state index >= 15 is 0 Å². The summed E-state index contributed by atoms with van der Waals surface area (Å²) in [5.41, 5.74) is 0.962. The maximum atomic E-state index is 13.2. The minimum Gasteiger partial charge on any atom is -0.508 e. The maximum absolute atomic E-state index is 13.2. The predicted octanol–water partition coefficient (Wildman–Crippen LogP) is 2.20. The van der Waals surface area contributed by atoms with E-state index in [0.717, 1.165) is 5.56 Å². The van der Waals surface area contributed by atoms with Crippen molar-refractivity contribution in [3.8, 4) is 5.75 Å². The summed E-state index contributed by atoms with van der Waals surface area (Å²) >= 11 is 1.47. The van der Waals surface area contributed by atoms with Gasteiger partial charge in [0.15, 0.2) is 0 Å². The number of hydrogen-bond donors (Lipinski definition) is 5. The SMILES string of the molecule is CSCC[C@H](NC(=O)[C@H](Cc1ccccc1)NC(=O)[C@@H](NC(=O)c1cccc(O)c1)C(C)C)C(=O)O. The van der Waals surface area contributed by atoms with Gasteiger partial charge in [-0.1, -0.05) is 50.2 Å². The fourth-order valence-corrected chi connectivity index (χ4v) is 3.96. The van der Waals surface area contributed by atoms with Crippen molar-refractivity contribution in [2.75, 3.05) is 12.0 Å². The highest BCUT2D eigenvalue weighted by atomic mass is 32.2. The van der Waals surface area contributed by atoms with Crippen molar-refractivity contribution in [2.24, 2.45) is 5.92 Å². The highest BCUT2D eigenvalue weighted by Crippen LogP contribution is 2.13. The van der Waals surface area contributed by atoms with E-state index in [1.165, 1.54) is 36.0 Å². The summed E-state index contributed by atoms with van der Waals surface area (Å²) in [4.78, 5) is 50.7. The molecule has 0 fully saturated rings. The number of carboxylic acids is 1. The van der Waals surface area contributed by atoms with Gasteiger partial charge in [-0.2, -0.15) is 11.8 Å². The molecule has 0 aromatic heterocycles. The Bertz CT molecular complexity index is 1050. The zero-order valence-electron chi connectivity index (χ0n) is 20.6. The lowest BCUT2D eigenvalue weighted by Crippen LogP contribution is -2.57. The van der Waals surface area contributed by atoms with Crippen LogP contribution in [-0.4, -0.2) is 64.0 Å². The number of nitrogens with one attached hydrogen (secondary N) is 3. The molecule has 0 aliphatic rings. The summed E-state index contributed by atoms with van der Waals surface area (Å²) in [6, 6.07) is 11.7. The first-order valence-electron chi connectivity index (χ1n) is 11.6. The molecule has 2 aromatic carbocycles. The van der Waals surface area contributed by atoms with Crippen molar-refractivity contribution in [2.45, 2.75) is 44.8 Å². The smallest absolute Gasteiger partial charge is 0.326 e. The van der Waals surface area contributed by atoms with Gasteiger partial charge in [-0.05, 0) is 48.1 Å². The van der Waals surface area contributed by atoms with Crippen molar-refractivity contribution in [3.63, 3.8) is 0 Å². The van der Waals surface area contributed by atoms with Crippen LogP contribution >= 0.6 is 11.8 Å². The van der Waals surface area contributed by atoms with Gasteiger partial charge in [-0.15, -0.1) is 0 Å². The van der Waals surface area contributed by atoms with Crippen LogP contribution in [0.1, 0.15) is 36.2 Å². The minimum atomic E-state index is -1.15. The molecule has 194 valence electrons. The van der Waals surface area contributed by atoms with Crippen molar-refractivity contribution >= 4 is 35.5 Å². The lowest BCUT2D eigenvalue weighted by atomic mass is 10.00. The molecule has 0 heterocycles. The van der Waals surface area contributed by atoms with E-state index < -0.39 is 41.8 Å². The van der Waals surface area contributed by atoms with Crippen LogP contribution < -0.4 is 16.0 Å². The average molecular weight is 516 g/mol. The first kappa shape index (κ1) is 28.7. The molecule has 0 spiro atoms. The van der Waals surface area contributed by atoms with Crippen molar-refractivity contribution in [1.29, 1.82) is 0 Å². The third-order valence-electron chi connectivity index (χ3n) is 5.48. The number of carboxylic acid groups (broad SMARTS) is 1. The first-order chi connectivity index (χ1) is 17.1. The Morgan fingerprint density at radius 3 is 2.14 bits per heavy atom. The van der Waals surface area contributed by atoms with Gasteiger partial charge in [-0.3, -0.25) is 14.4 Å². The van der Waals surface area contributed by atoms with Gasteiger partial charge in [-0.25, -0.2) is 4.79 Å². The van der Waals surface area contributed by atoms with E-state index in [0.29, 0.717) is 5.75 Å². The van der Waals surface area contributed by atoms with Gasteiger partial charge in [0.1, 0.15) is 23.9 Å².